The van der Waals surface area contributed by atoms with Crippen LogP contribution in [0.1, 0.15) is 12.8 Å². The smallest absolute Gasteiger partial charge is 0.332 e. The first-order chi connectivity index (χ1) is 8.95. The molecule has 102 valence electrons. The maximum Gasteiger partial charge on any atom is 0.332 e. The normalized spacial score (nSPS) is 22.2. The zero-order chi connectivity index (χ0) is 14.0. The van der Waals surface area contributed by atoms with Gasteiger partial charge in [-0.25, -0.2) is 4.79 Å². The van der Waals surface area contributed by atoms with E-state index in [1.807, 2.05) is 0 Å². The highest BCUT2D eigenvalue weighted by Crippen LogP contribution is 2.25. The van der Waals surface area contributed by atoms with Crippen LogP contribution in [0.2, 0.25) is 10.0 Å². The first-order valence-corrected chi connectivity index (χ1v) is 6.36. The van der Waals surface area contributed by atoms with Crippen molar-refractivity contribution in [3.8, 4) is 0 Å². The van der Waals surface area contributed by atoms with Gasteiger partial charge < -0.3 is 15.2 Å². The number of carboxylic acids is 1. The Balaban J connectivity index is 2.00. The molecule has 0 aromatic heterocycles. The number of carboxylic acid groups (broad SMARTS) is 1. The predicted octanol–water partition coefficient (Wildman–Crippen LogP) is 2.56. The predicted molar refractivity (Wildman–Crippen MR) is 70.6 cm³/mol. The quantitative estimate of drug-likeness (QED) is 0.900. The molecule has 1 heterocycles. The topological polar surface area (TPSA) is 75.6 Å². The van der Waals surface area contributed by atoms with Gasteiger partial charge in [-0.05, 0) is 31.0 Å². The second-order valence-corrected chi connectivity index (χ2v) is 5.05. The number of nitrogens with one attached hydrogen (secondary N) is 1. The van der Waals surface area contributed by atoms with Crippen LogP contribution < -0.4 is 5.32 Å². The number of halogens is 2. The zero-order valence-corrected chi connectivity index (χ0v) is 11.2. The first kappa shape index (κ1) is 14.1. The standard InChI is InChI=1S/C12H11Cl2NO4/c13-6-3-7(14)5-8(4-6)15-11(16)9-1-2-10(19-9)12(17)18/h3-5,9-10H,1-2H2,(H,15,16)(H,17,18). The van der Waals surface area contributed by atoms with Gasteiger partial charge in [0.25, 0.3) is 5.91 Å². The molecule has 1 saturated heterocycles. The molecule has 19 heavy (non-hydrogen) atoms. The number of carbonyl (C=O) groups is 2. The molecular formula is C12H11Cl2NO4. The lowest BCUT2D eigenvalue weighted by atomic mass is 10.2. The fourth-order valence-electron chi connectivity index (χ4n) is 1.86. The molecule has 0 bridgehead atoms. The Morgan fingerprint density at radius 1 is 1.16 bits per heavy atom. The maximum absolute atomic E-state index is 11.9. The molecule has 2 unspecified atom stereocenters. The van der Waals surface area contributed by atoms with Crippen molar-refractivity contribution in [3.63, 3.8) is 0 Å². The van der Waals surface area contributed by atoms with Crippen LogP contribution in [0.3, 0.4) is 0 Å². The average molecular weight is 304 g/mol. The third kappa shape index (κ3) is 3.59. The molecule has 1 aliphatic rings. The number of rotatable bonds is 3. The van der Waals surface area contributed by atoms with Gasteiger partial charge in [0.2, 0.25) is 0 Å². The van der Waals surface area contributed by atoms with Crippen molar-refractivity contribution in [2.75, 3.05) is 5.32 Å². The van der Waals surface area contributed by atoms with Crippen molar-refractivity contribution in [2.45, 2.75) is 25.0 Å². The van der Waals surface area contributed by atoms with Crippen LogP contribution in [-0.2, 0) is 14.3 Å². The van der Waals surface area contributed by atoms with E-state index in [4.69, 9.17) is 33.0 Å². The minimum atomic E-state index is -1.05. The SMILES string of the molecule is O=C(O)C1CCC(C(=O)Nc2cc(Cl)cc(Cl)c2)O1. The Morgan fingerprint density at radius 3 is 2.26 bits per heavy atom. The van der Waals surface area contributed by atoms with Gasteiger partial charge in [-0.1, -0.05) is 23.2 Å². The summed E-state index contributed by atoms with van der Waals surface area (Å²) in [6.45, 7) is 0. The number of anilines is 1. The number of benzene rings is 1. The van der Waals surface area contributed by atoms with Crippen LogP contribution in [0, 0.1) is 0 Å². The van der Waals surface area contributed by atoms with E-state index in [9.17, 15) is 9.59 Å². The van der Waals surface area contributed by atoms with Crippen molar-refractivity contribution >= 4 is 40.8 Å². The van der Waals surface area contributed by atoms with Gasteiger partial charge in [0.1, 0.15) is 6.10 Å². The molecule has 0 radical (unpaired) electrons. The molecule has 2 N–H and O–H groups in total. The Morgan fingerprint density at radius 2 is 1.74 bits per heavy atom. The van der Waals surface area contributed by atoms with Gasteiger partial charge in [0.05, 0.1) is 0 Å². The van der Waals surface area contributed by atoms with Crippen LogP contribution in [0.25, 0.3) is 0 Å². The molecule has 2 atom stereocenters. The fourth-order valence-corrected chi connectivity index (χ4v) is 2.39. The van der Waals surface area contributed by atoms with Crippen LogP contribution >= 0.6 is 23.2 Å². The highest BCUT2D eigenvalue weighted by molar-refractivity contribution is 6.35. The van der Waals surface area contributed by atoms with Gasteiger partial charge in [-0.2, -0.15) is 0 Å². The van der Waals surface area contributed by atoms with E-state index in [-0.39, 0.29) is 0 Å². The number of hydrogen-bond donors (Lipinski definition) is 2. The first-order valence-electron chi connectivity index (χ1n) is 5.61. The van der Waals surface area contributed by atoms with E-state index in [1.165, 1.54) is 0 Å². The molecule has 7 heteroatoms. The summed E-state index contributed by atoms with van der Waals surface area (Å²) in [5.41, 5.74) is 0.449. The summed E-state index contributed by atoms with van der Waals surface area (Å²) in [7, 11) is 0. The van der Waals surface area contributed by atoms with Gasteiger partial charge in [0.15, 0.2) is 6.10 Å². The maximum atomic E-state index is 11.9. The van der Waals surface area contributed by atoms with Crippen LogP contribution in [0.15, 0.2) is 18.2 Å². The molecule has 2 rings (SSSR count). The summed E-state index contributed by atoms with van der Waals surface area (Å²) in [6.07, 6.45) is -0.988. The van der Waals surface area contributed by atoms with E-state index in [0.29, 0.717) is 28.6 Å². The summed E-state index contributed by atoms with van der Waals surface area (Å²) >= 11 is 11.6. The van der Waals surface area contributed by atoms with Gasteiger partial charge in [-0.15, -0.1) is 0 Å². The monoisotopic (exact) mass is 303 g/mol. The van der Waals surface area contributed by atoms with Crippen molar-refractivity contribution in [3.05, 3.63) is 28.2 Å². The number of carbonyl (C=O) groups excluding carboxylic acids is 1. The Bertz CT molecular complexity index is 500. The lowest BCUT2D eigenvalue weighted by Gasteiger charge is -2.12. The molecule has 0 spiro atoms. The number of ether oxygens (including phenoxy) is 1. The zero-order valence-electron chi connectivity index (χ0n) is 9.73. The molecular weight excluding hydrogens is 293 g/mol. The molecule has 1 aromatic rings. The summed E-state index contributed by atoms with van der Waals surface area (Å²) in [5.74, 6) is -1.46. The third-order valence-electron chi connectivity index (χ3n) is 2.72. The highest BCUT2D eigenvalue weighted by atomic mass is 35.5. The molecule has 1 aliphatic heterocycles. The summed E-state index contributed by atoms with van der Waals surface area (Å²) in [6, 6.07) is 4.65. The van der Waals surface area contributed by atoms with E-state index < -0.39 is 24.1 Å². The summed E-state index contributed by atoms with van der Waals surface area (Å²) in [5, 5.41) is 12.2. The van der Waals surface area contributed by atoms with Crippen LogP contribution in [0.5, 0.6) is 0 Å². The van der Waals surface area contributed by atoms with Crippen molar-refractivity contribution in [2.24, 2.45) is 0 Å². The highest BCUT2D eigenvalue weighted by Gasteiger charge is 2.34. The van der Waals surface area contributed by atoms with Gasteiger partial charge in [0, 0.05) is 15.7 Å². The number of amides is 1. The van der Waals surface area contributed by atoms with Gasteiger partial charge >= 0.3 is 5.97 Å². The van der Waals surface area contributed by atoms with E-state index >= 15 is 0 Å². The lowest BCUT2D eigenvalue weighted by molar-refractivity contribution is -0.150. The van der Waals surface area contributed by atoms with Crippen LogP contribution in [0.4, 0.5) is 5.69 Å². The number of aliphatic carboxylic acids is 1. The molecule has 1 fully saturated rings. The van der Waals surface area contributed by atoms with Crippen molar-refractivity contribution in [1.29, 1.82) is 0 Å². The molecule has 1 amide bonds. The molecule has 0 saturated carbocycles. The van der Waals surface area contributed by atoms with Gasteiger partial charge in [-0.3, -0.25) is 4.79 Å². The van der Waals surface area contributed by atoms with Crippen LogP contribution in [-0.4, -0.2) is 29.2 Å². The number of hydrogen-bond acceptors (Lipinski definition) is 3. The Hall–Kier alpha value is -1.30. The average Bonchev–Trinajstić information content (AvgIpc) is 2.76. The molecule has 1 aromatic carbocycles. The largest absolute Gasteiger partial charge is 0.479 e. The molecule has 0 aliphatic carbocycles. The minimum Gasteiger partial charge on any atom is -0.479 e. The van der Waals surface area contributed by atoms with E-state index in [1.54, 1.807) is 18.2 Å². The second-order valence-electron chi connectivity index (χ2n) is 4.18. The summed E-state index contributed by atoms with van der Waals surface area (Å²) < 4.78 is 5.14. The minimum absolute atomic E-state index is 0.323. The summed E-state index contributed by atoms with van der Waals surface area (Å²) in [4.78, 5) is 22.6. The second kappa shape index (κ2) is 5.77. The third-order valence-corrected chi connectivity index (χ3v) is 3.15. The van der Waals surface area contributed by atoms with E-state index in [0.717, 1.165) is 0 Å². The van der Waals surface area contributed by atoms with E-state index in [2.05, 4.69) is 5.32 Å². The fraction of sp³-hybridized carbons (Fsp3) is 0.333. The molecule has 5 nitrogen and oxygen atoms in total. The Labute approximate surface area is 119 Å². The van der Waals surface area contributed by atoms with Crippen molar-refractivity contribution in [1.82, 2.24) is 0 Å². The van der Waals surface area contributed by atoms with Crippen molar-refractivity contribution < 1.29 is 19.4 Å². The Kier molecular flexibility index (Phi) is 4.29. The lowest BCUT2D eigenvalue weighted by Crippen LogP contribution is -2.29.